The van der Waals surface area contributed by atoms with Crippen LogP contribution in [-0.2, 0) is 13.6 Å². The first-order valence-electron chi connectivity index (χ1n) is 6.51. The van der Waals surface area contributed by atoms with Crippen molar-refractivity contribution in [1.82, 2.24) is 14.7 Å². The summed E-state index contributed by atoms with van der Waals surface area (Å²) in [5.41, 5.74) is 3.89. The van der Waals surface area contributed by atoms with Crippen LogP contribution >= 0.6 is 0 Å². The van der Waals surface area contributed by atoms with Gasteiger partial charge >= 0.3 is 0 Å². The Bertz CT molecular complexity index is 616. The van der Waals surface area contributed by atoms with Crippen molar-refractivity contribution in [2.75, 3.05) is 19.4 Å². The predicted octanol–water partition coefficient (Wildman–Crippen LogP) is 2.04. The third kappa shape index (κ3) is 3.17. The summed E-state index contributed by atoms with van der Waals surface area (Å²) in [6.45, 7) is 2.71. The molecule has 1 heterocycles. The lowest BCUT2D eigenvalue weighted by Gasteiger charge is -2.13. The van der Waals surface area contributed by atoms with Gasteiger partial charge in [0, 0.05) is 50.7 Å². The van der Waals surface area contributed by atoms with Gasteiger partial charge in [0.25, 0.3) is 5.91 Å². The molecule has 0 aliphatic heterocycles. The van der Waals surface area contributed by atoms with Gasteiger partial charge in [0.1, 0.15) is 0 Å². The zero-order chi connectivity index (χ0) is 14.7. The van der Waals surface area contributed by atoms with E-state index in [1.54, 1.807) is 23.7 Å². The molecule has 106 valence electrons. The molecule has 0 saturated carbocycles. The molecule has 0 saturated heterocycles. The molecular weight excluding hydrogens is 252 g/mol. The number of carbonyl (C=O) groups is 1. The summed E-state index contributed by atoms with van der Waals surface area (Å²) in [6, 6.07) is 5.71. The number of anilines is 1. The van der Waals surface area contributed by atoms with E-state index in [1.807, 2.05) is 44.6 Å². The number of carbonyl (C=O) groups excluding carboxylic acids is 1. The first-order chi connectivity index (χ1) is 9.47. The molecule has 0 fully saturated rings. The Morgan fingerprint density at radius 1 is 1.40 bits per heavy atom. The predicted molar refractivity (Wildman–Crippen MR) is 79.7 cm³/mol. The highest BCUT2D eigenvalue weighted by molar-refractivity contribution is 5.95. The van der Waals surface area contributed by atoms with E-state index in [1.165, 1.54) is 0 Å². The number of rotatable bonds is 4. The van der Waals surface area contributed by atoms with Crippen molar-refractivity contribution in [3.05, 3.63) is 47.3 Å². The minimum absolute atomic E-state index is 0.00873. The average Bonchev–Trinajstić information content (AvgIpc) is 2.82. The van der Waals surface area contributed by atoms with Crippen LogP contribution in [0.15, 0.2) is 30.6 Å². The van der Waals surface area contributed by atoms with Crippen molar-refractivity contribution in [2.24, 2.45) is 7.05 Å². The van der Waals surface area contributed by atoms with Gasteiger partial charge in [0.2, 0.25) is 0 Å². The monoisotopic (exact) mass is 272 g/mol. The maximum atomic E-state index is 12.0. The maximum Gasteiger partial charge on any atom is 0.253 e. The Hall–Kier alpha value is -2.30. The summed E-state index contributed by atoms with van der Waals surface area (Å²) >= 11 is 0. The van der Waals surface area contributed by atoms with Crippen molar-refractivity contribution < 1.29 is 4.79 Å². The van der Waals surface area contributed by atoms with Crippen LogP contribution < -0.4 is 5.32 Å². The van der Waals surface area contributed by atoms with Crippen LogP contribution in [0.2, 0.25) is 0 Å². The molecule has 0 radical (unpaired) electrons. The van der Waals surface area contributed by atoms with E-state index in [-0.39, 0.29) is 5.91 Å². The van der Waals surface area contributed by atoms with Crippen molar-refractivity contribution >= 4 is 11.6 Å². The van der Waals surface area contributed by atoms with E-state index in [0.717, 1.165) is 16.8 Å². The van der Waals surface area contributed by atoms with E-state index in [0.29, 0.717) is 12.1 Å². The fourth-order valence-corrected chi connectivity index (χ4v) is 1.96. The van der Waals surface area contributed by atoms with Crippen LogP contribution in [0.4, 0.5) is 5.69 Å². The van der Waals surface area contributed by atoms with Crippen LogP contribution in [0.5, 0.6) is 0 Å². The molecule has 0 spiro atoms. The molecule has 0 unspecified atom stereocenters. The van der Waals surface area contributed by atoms with Gasteiger partial charge in [-0.15, -0.1) is 0 Å². The molecule has 1 aromatic carbocycles. The lowest BCUT2D eigenvalue weighted by atomic mass is 10.1. The number of hydrogen-bond acceptors (Lipinski definition) is 3. The van der Waals surface area contributed by atoms with Gasteiger partial charge in [-0.05, 0) is 24.6 Å². The summed E-state index contributed by atoms with van der Waals surface area (Å²) in [5.74, 6) is 0.00873. The number of amides is 1. The topological polar surface area (TPSA) is 50.2 Å². The number of hydrogen-bond donors (Lipinski definition) is 1. The van der Waals surface area contributed by atoms with Crippen molar-refractivity contribution in [3.63, 3.8) is 0 Å². The molecule has 0 aliphatic carbocycles. The van der Waals surface area contributed by atoms with E-state index in [2.05, 4.69) is 10.4 Å². The van der Waals surface area contributed by atoms with Crippen LogP contribution in [0, 0.1) is 6.92 Å². The highest BCUT2D eigenvalue weighted by Gasteiger charge is 2.09. The number of nitrogens with one attached hydrogen (secondary N) is 1. The van der Waals surface area contributed by atoms with Crippen LogP contribution in [0.25, 0.3) is 0 Å². The van der Waals surface area contributed by atoms with Crippen molar-refractivity contribution in [1.29, 1.82) is 0 Å². The summed E-state index contributed by atoms with van der Waals surface area (Å²) in [6.07, 6.45) is 3.80. The second kappa shape index (κ2) is 5.77. The Kier molecular flexibility index (Phi) is 4.08. The molecule has 0 atom stereocenters. The van der Waals surface area contributed by atoms with Crippen LogP contribution in [0.1, 0.15) is 21.5 Å². The zero-order valence-electron chi connectivity index (χ0n) is 12.3. The molecule has 2 rings (SSSR count). The fourth-order valence-electron chi connectivity index (χ4n) is 1.96. The summed E-state index contributed by atoms with van der Waals surface area (Å²) in [7, 11) is 5.40. The lowest BCUT2D eigenvalue weighted by molar-refractivity contribution is 0.0827. The number of aryl methyl sites for hydroxylation is 2. The second-order valence-corrected chi connectivity index (χ2v) is 5.11. The van der Waals surface area contributed by atoms with E-state index in [9.17, 15) is 4.79 Å². The van der Waals surface area contributed by atoms with Gasteiger partial charge in [-0.1, -0.05) is 6.07 Å². The normalized spacial score (nSPS) is 10.4. The molecule has 5 heteroatoms. The first kappa shape index (κ1) is 14.1. The minimum Gasteiger partial charge on any atom is -0.381 e. The second-order valence-electron chi connectivity index (χ2n) is 5.11. The molecule has 1 N–H and O–H groups in total. The van der Waals surface area contributed by atoms with E-state index >= 15 is 0 Å². The molecule has 5 nitrogen and oxygen atoms in total. The molecule has 0 bridgehead atoms. The standard InChI is InChI=1S/C15H20N4O/c1-11-5-6-13(15(20)18(2)3)7-14(11)16-8-12-9-17-19(4)10-12/h5-7,9-10,16H,8H2,1-4H3. The first-order valence-corrected chi connectivity index (χ1v) is 6.51. The summed E-state index contributed by atoms with van der Waals surface area (Å²) < 4.78 is 1.77. The van der Waals surface area contributed by atoms with Gasteiger partial charge in [-0.25, -0.2) is 0 Å². The maximum absolute atomic E-state index is 12.0. The third-order valence-electron chi connectivity index (χ3n) is 3.13. The van der Waals surface area contributed by atoms with E-state index in [4.69, 9.17) is 0 Å². The quantitative estimate of drug-likeness (QED) is 0.926. The highest BCUT2D eigenvalue weighted by atomic mass is 16.2. The number of nitrogens with zero attached hydrogens (tertiary/aromatic N) is 3. The van der Waals surface area contributed by atoms with E-state index < -0.39 is 0 Å². The molecule has 2 aromatic rings. The smallest absolute Gasteiger partial charge is 0.253 e. The van der Waals surface area contributed by atoms with Crippen molar-refractivity contribution in [3.8, 4) is 0 Å². The zero-order valence-corrected chi connectivity index (χ0v) is 12.3. The Labute approximate surface area is 119 Å². The van der Waals surface area contributed by atoms with Crippen LogP contribution in [-0.4, -0.2) is 34.7 Å². The van der Waals surface area contributed by atoms with Gasteiger partial charge in [-0.3, -0.25) is 9.48 Å². The summed E-state index contributed by atoms with van der Waals surface area (Å²) in [4.78, 5) is 13.5. The fraction of sp³-hybridized carbons (Fsp3) is 0.333. The molecule has 20 heavy (non-hydrogen) atoms. The lowest BCUT2D eigenvalue weighted by Crippen LogP contribution is -2.21. The van der Waals surface area contributed by atoms with Gasteiger partial charge in [0.05, 0.1) is 6.20 Å². The van der Waals surface area contributed by atoms with Crippen molar-refractivity contribution in [2.45, 2.75) is 13.5 Å². The number of benzene rings is 1. The molecule has 1 amide bonds. The average molecular weight is 272 g/mol. The highest BCUT2D eigenvalue weighted by Crippen LogP contribution is 2.18. The Morgan fingerprint density at radius 2 is 2.15 bits per heavy atom. The number of aromatic nitrogens is 2. The molecular formula is C15H20N4O. The Morgan fingerprint density at radius 3 is 2.75 bits per heavy atom. The van der Waals surface area contributed by atoms with Gasteiger partial charge < -0.3 is 10.2 Å². The third-order valence-corrected chi connectivity index (χ3v) is 3.13. The minimum atomic E-state index is 0.00873. The molecule has 1 aromatic heterocycles. The SMILES string of the molecule is Cc1ccc(C(=O)N(C)C)cc1NCc1cnn(C)c1. The Balaban J connectivity index is 2.14. The van der Waals surface area contributed by atoms with Gasteiger partial charge in [0.15, 0.2) is 0 Å². The summed E-state index contributed by atoms with van der Waals surface area (Å²) in [5, 5.41) is 7.49. The van der Waals surface area contributed by atoms with Gasteiger partial charge in [-0.2, -0.15) is 5.10 Å². The van der Waals surface area contributed by atoms with Crippen LogP contribution in [0.3, 0.4) is 0 Å². The molecule has 0 aliphatic rings. The largest absolute Gasteiger partial charge is 0.381 e.